The molecule has 0 bridgehead atoms. The molecule has 4 rings (SSSR count). The summed E-state index contributed by atoms with van der Waals surface area (Å²) in [7, 11) is 2.07. The largest absolute Gasteiger partial charge is 0.330 e. The van der Waals surface area contributed by atoms with Gasteiger partial charge in [-0.3, -0.25) is 4.90 Å². The first-order valence-corrected chi connectivity index (χ1v) is 9.76. The first-order chi connectivity index (χ1) is 13.5. The van der Waals surface area contributed by atoms with Crippen molar-refractivity contribution in [1.29, 1.82) is 0 Å². The molecule has 0 atom stereocenters. The SMILES string of the molecule is Cc1cc(C)cc(NC(=O)N2CCN(Cc3nc4ccccc4n3C)CC2)c1. The zero-order chi connectivity index (χ0) is 19.7. The maximum atomic E-state index is 12.6. The van der Waals surface area contributed by atoms with E-state index in [0.29, 0.717) is 0 Å². The van der Waals surface area contributed by atoms with Crippen LogP contribution in [-0.4, -0.2) is 51.6 Å². The molecular weight excluding hydrogens is 350 g/mol. The number of hydrogen-bond acceptors (Lipinski definition) is 3. The van der Waals surface area contributed by atoms with Gasteiger partial charge in [0.2, 0.25) is 0 Å². The van der Waals surface area contributed by atoms with Crippen molar-refractivity contribution in [2.45, 2.75) is 20.4 Å². The molecule has 6 nitrogen and oxygen atoms in total. The number of amides is 2. The summed E-state index contributed by atoms with van der Waals surface area (Å²) in [5.74, 6) is 1.06. The molecule has 6 heteroatoms. The van der Waals surface area contributed by atoms with Crippen LogP contribution in [0.4, 0.5) is 10.5 Å². The lowest BCUT2D eigenvalue weighted by molar-refractivity contribution is 0.140. The Morgan fingerprint density at radius 1 is 1.04 bits per heavy atom. The van der Waals surface area contributed by atoms with Gasteiger partial charge in [0.25, 0.3) is 0 Å². The molecule has 0 radical (unpaired) electrons. The molecule has 1 N–H and O–H groups in total. The van der Waals surface area contributed by atoms with E-state index in [1.807, 2.05) is 49.1 Å². The van der Waals surface area contributed by atoms with Crippen molar-refractivity contribution in [3.63, 3.8) is 0 Å². The summed E-state index contributed by atoms with van der Waals surface area (Å²) in [6, 6.07) is 14.3. The summed E-state index contributed by atoms with van der Waals surface area (Å²) in [5, 5.41) is 3.04. The van der Waals surface area contributed by atoms with E-state index in [1.165, 1.54) is 0 Å². The number of nitrogens with zero attached hydrogens (tertiary/aromatic N) is 4. The third kappa shape index (κ3) is 3.87. The van der Waals surface area contributed by atoms with Crippen LogP contribution in [0.3, 0.4) is 0 Å². The topological polar surface area (TPSA) is 53.4 Å². The van der Waals surface area contributed by atoms with Gasteiger partial charge in [0.15, 0.2) is 0 Å². The Kier molecular flexibility index (Phi) is 5.05. The monoisotopic (exact) mass is 377 g/mol. The minimum Gasteiger partial charge on any atom is -0.330 e. The minimum atomic E-state index is -0.0209. The number of anilines is 1. The van der Waals surface area contributed by atoms with Gasteiger partial charge < -0.3 is 14.8 Å². The highest BCUT2D eigenvalue weighted by Crippen LogP contribution is 2.17. The van der Waals surface area contributed by atoms with Crippen molar-refractivity contribution in [3.8, 4) is 0 Å². The lowest BCUT2D eigenvalue weighted by Gasteiger charge is -2.34. The van der Waals surface area contributed by atoms with Gasteiger partial charge in [-0.1, -0.05) is 18.2 Å². The highest BCUT2D eigenvalue weighted by Gasteiger charge is 2.22. The predicted octanol–water partition coefficient (Wildman–Crippen LogP) is 3.54. The van der Waals surface area contributed by atoms with Gasteiger partial charge in [-0.25, -0.2) is 9.78 Å². The molecular formula is C22H27N5O. The summed E-state index contributed by atoms with van der Waals surface area (Å²) in [6.07, 6.45) is 0. The smallest absolute Gasteiger partial charge is 0.321 e. The van der Waals surface area contributed by atoms with Crippen molar-refractivity contribution >= 4 is 22.8 Å². The predicted molar refractivity (Wildman–Crippen MR) is 112 cm³/mol. The van der Waals surface area contributed by atoms with Crippen LogP contribution in [0.2, 0.25) is 0 Å². The molecule has 1 aliphatic heterocycles. The van der Waals surface area contributed by atoms with Crippen molar-refractivity contribution in [2.24, 2.45) is 7.05 Å². The number of imidazole rings is 1. The van der Waals surface area contributed by atoms with E-state index in [9.17, 15) is 4.79 Å². The van der Waals surface area contributed by atoms with E-state index in [0.717, 1.165) is 66.4 Å². The quantitative estimate of drug-likeness (QED) is 0.760. The average molecular weight is 377 g/mol. The van der Waals surface area contributed by atoms with Crippen molar-refractivity contribution in [2.75, 3.05) is 31.5 Å². The molecule has 28 heavy (non-hydrogen) atoms. The summed E-state index contributed by atoms with van der Waals surface area (Å²) < 4.78 is 2.16. The second-order valence-electron chi connectivity index (χ2n) is 7.65. The summed E-state index contributed by atoms with van der Waals surface area (Å²) in [6.45, 7) is 8.04. The van der Waals surface area contributed by atoms with E-state index in [2.05, 4.69) is 34.0 Å². The number of carbonyl (C=O) groups excluding carboxylic acids is 1. The fraction of sp³-hybridized carbons (Fsp3) is 0.364. The maximum Gasteiger partial charge on any atom is 0.321 e. The number of aromatic nitrogens is 2. The number of piperazine rings is 1. The zero-order valence-corrected chi connectivity index (χ0v) is 16.8. The number of hydrogen-bond donors (Lipinski definition) is 1. The molecule has 0 aliphatic carbocycles. The zero-order valence-electron chi connectivity index (χ0n) is 16.8. The lowest BCUT2D eigenvalue weighted by atomic mass is 10.1. The Bertz CT molecular complexity index is 981. The first kappa shape index (κ1) is 18.5. The Hall–Kier alpha value is -2.86. The van der Waals surface area contributed by atoms with Crippen LogP contribution >= 0.6 is 0 Å². The van der Waals surface area contributed by atoms with Crippen LogP contribution in [0.15, 0.2) is 42.5 Å². The summed E-state index contributed by atoms with van der Waals surface area (Å²) in [5.41, 5.74) is 5.37. The Morgan fingerprint density at radius 3 is 2.39 bits per heavy atom. The Balaban J connectivity index is 1.35. The molecule has 1 fully saturated rings. The second-order valence-corrected chi connectivity index (χ2v) is 7.65. The number of nitrogens with one attached hydrogen (secondary N) is 1. The molecule has 1 aromatic heterocycles. The van der Waals surface area contributed by atoms with Gasteiger partial charge in [0.1, 0.15) is 5.82 Å². The molecule has 2 amide bonds. The Morgan fingerprint density at radius 2 is 1.71 bits per heavy atom. The van der Waals surface area contributed by atoms with E-state index in [1.54, 1.807) is 0 Å². The normalized spacial score (nSPS) is 15.2. The van der Waals surface area contributed by atoms with E-state index in [4.69, 9.17) is 4.98 Å². The summed E-state index contributed by atoms with van der Waals surface area (Å²) >= 11 is 0. The maximum absolute atomic E-state index is 12.6. The molecule has 146 valence electrons. The standard InChI is InChI=1S/C22H27N5O/c1-16-12-17(2)14-18(13-16)23-22(28)27-10-8-26(9-11-27)15-21-24-19-6-4-5-7-20(19)25(21)3/h4-7,12-14H,8-11,15H2,1-3H3,(H,23,28). The highest BCUT2D eigenvalue weighted by atomic mass is 16.2. The summed E-state index contributed by atoms with van der Waals surface area (Å²) in [4.78, 5) is 21.6. The van der Waals surface area contributed by atoms with Gasteiger partial charge >= 0.3 is 6.03 Å². The van der Waals surface area contributed by atoms with Crippen LogP contribution in [0.25, 0.3) is 11.0 Å². The average Bonchev–Trinajstić information content (AvgIpc) is 2.97. The van der Waals surface area contributed by atoms with Crippen LogP contribution in [0.1, 0.15) is 17.0 Å². The molecule has 3 aromatic rings. The number of urea groups is 1. The first-order valence-electron chi connectivity index (χ1n) is 9.76. The van der Waals surface area contributed by atoms with Gasteiger partial charge in [-0.15, -0.1) is 0 Å². The fourth-order valence-electron chi connectivity index (χ4n) is 3.90. The number of aryl methyl sites for hydroxylation is 3. The third-order valence-electron chi connectivity index (χ3n) is 5.38. The number of carbonyl (C=O) groups is 1. The molecule has 2 aromatic carbocycles. The second kappa shape index (κ2) is 7.64. The van der Waals surface area contributed by atoms with E-state index in [-0.39, 0.29) is 6.03 Å². The van der Waals surface area contributed by atoms with Gasteiger partial charge in [0, 0.05) is 38.9 Å². The minimum absolute atomic E-state index is 0.0209. The van der Waals surface area contributed by atoms with Gasteiger partial charge in [-0.2, -0.15) is 0 Å². The lowest BCUT2D eigenvalue weighted by Crippen LogP contribution is -2.49. The van der Waals surface area contributed by atoms with Gasteiger partial charge in [-0.05, 0) is 49.2 Å². The number of para-hydroxylation sites is 2. The molecule has 0 spiro atoms. The highest BCUT2D eigenvalue weighted by molar-refractivity contribution is 5.89. The van der Waals surface area contributed by atoms with Crippen molar-refractivity contribution in [3.05, 3.63) is 59.4 Å². The molecule has 2 heterocycles. The number of rotatable bonds is 3. The van der Waals surface area contributed by atoms with E-state index >= 15 is 0 Å². The van der Waals surface area contributed by atoms with Crippen LogP contribution in [0, 0.1) is 13.8 Å². The molecule has 1 aliphatic rings. The van der Waals surface area contributed by atoms with Crippen LogP contribution in [-0.2, 0) is 13.6 Å². The van der Waals surface area contributed by atoms with E-state index < -0.39 is 0 Å². The molecule has 0 saturated carbocycles. The number of benzene rings is 2. The van der Waals surface area contributed by atoms with Crippen molar-refractivity contribution < 1.29 is 4.79 Å². The van der Waals surface area contributed by atoms with Crippen LogP contribution in [0.5, 0.6) is 0 Å². The van der Waals surface area contributed by atoms with Gasteiger partial charge in [0.05, 0.1) is 17.6 Å². The van der Waals surface area contributed by atoms with Crippen LogP contribution < -0.4 is 5.32 Å². The van der Waals surface area contributed by atoms with Crippen molar-refractivity contribution in [1.82, 2.24) is 19.4 Å². The molecule has 1 saturated heterocycles. The third-order valence-corrected chi connectivity index (χ3v) is 5.38. The number of fused-ring (bicyclic) bond motifs is 1. The fourth-order valence-corrected chi connectivity index (χ4v) is 3.90. The Labute approximate surface area is 165 Å². The molecule has 0 unspecified atom stereocenters.